The lowest BCUT2D eigenvalue weighted by Crippen LogP contribution is -2.34. The number of anilines is 1. The summed E-state index contributed by atoms with van der Waals surface area (Å²) in [5, 5.41) is 1.22. The van der Waals surface area contributed by atoms with Gasteiger partial charge in [-0.2, -0.15) is 0 Å². The van der Waals surface area contributed by atoms with Gasteiger partial charge < -0.3 is 9.15 Å². The molecule has 0 N–H and O–H groups in total. The number of rotatable bonds is 7. The monoisotopic (exact) mass is 444 g/mol. The molecular formula is C21H17ClN2O3S2. The first-order chi connectivity index (χ1) is 14.1. The molecule has 2 aromatic carbocycles. The molecule has 0 saturated carbocycles. The van der Waals surface area contributed by atoms with Crippen LogP contribution in [0.1, 0.15) is 5.76 Å². The Bertz CT molecular complexity index is 1110. The molecule has 8 heteroatoms. The second-order valence-corrected chi connectivity index (χ2v) is 8.46. The number of thioether (sulfide) groups is 1. The number of hydrogen-bond donors (Lipinski definition) is 0. The summed E-state index contributed by atoms with van der Waals surface area (Å²) in [5.74, 6) is 1.05. The number of aromatic nitrogens is 1. The minimum Gasteiger partial charge on any atom is -0.484 e. The number of carbonyl (C=O) groups excluding carboxylic acids is 1. The summed E-state index contributed by atoms with van der Waals surface area (Å²) in [6.07, 6.45) is 3.62. The first-order valence-corrected chi connectivity index (χ1v) is 11.2. The van der Waals surface area contributed by atoms with Crippen LogP contribution >= 0.6 is 34.7 Å². The van der Waals surface area contributed by atoms with E-state index in [0.717, 1.165) is 15.1 Å². The van der Waals surface area contributed by atoms with E-state index in [1.54, 1.807) is 53.3 Å². The van der Waals surface area contributed by atoms with Crippen LogP contribution in [0.2, 0.25) is 5.02 Å². The summed E-state index contributed by atoms with van der Waals surface area (Å²) in [5.41, 5.74) is 0.860. The van der Waals surface area contributed by atoms with Crippen molar-refractivity contribution in [1.29, 1.82) is 0 Å². The smallest absolute Gasteiger partial charge is 0.267 e. The molecule has 4 aromatic rings. The van der Waals surface area contributed by atoms with Crippen molar-refractivity contribution in [3.05, 3.63) is 71.6 Å². The first-order valence-electron chi connectivity index (χ1n) is 8.78. The Balaban J connectivity index is 1.58. The van der Waals surface area contributed by atoms with Crippen LogP contribution < -0.4 is 9.64 Å². The number of nitrogens with zero attached hydrogens (tertiary/aromatic N) is 2. The molecule has 1 amide bonds. The topological polar surface area (TPSA) is 55.6 Å². The van der Waals surface area contributed by atoms with Gasteiger partial charge in [-0.05, 0) is 60.9 Å². The molecule has 0 fully saturated rings. The van der Waals surface area contributed by atoms with Crippen molar-refractivity contribution < 1.29 is 13.9 Å². The van der Waals surface area contributed by atoms with E-state index in [1.165, 1.54) is 11.3 Å². The Hall–Kier alpha value is -2.48. The van der Waals surface area contributed by atoms with Crippen molar-refractivity contribution in [3.63, 3.8) is 0 Å². The van der Waals surface area contributed by atoms with Gasteiger partial charge >= 0.3 is 0 Å². The molecule has 29 heavy (non-hydrogen) atoms. The maximum atomic E-state index is 13.0. The van der Waals surface area contributed by atoms with Crippen LogP contribution in [-0.2, 0) is 11.3 Å². The molecule has 148 valence electrons. The van der Waals surface area contributed by atoms with E-state index in [9.17, 15) is 4.79 Å². The van der Waals surface area contributed by atoms with Gasteiger partial charge in [-0.3, -0.25) is 9.69 Å². The van der Waals surface area contributed by atoms with E-state index in [2.05, 4.69) is 11.1 Å². The fourth-order valence-electron chi connectivity index (χ4n) is 2.71. The Morgan fingerprint density at radius 1 is 1.24 bits per heavy atom. The second kappa shape index (κ2) is 8.90. The summed E-state index contributed by atoms with van der Waals surface area (Å²) >= 11 is 9.04. The number of hydrogen-bond acceptors (Lipinski definition) is 6. The normalized spacial score (nSPS) is 11.0. The molecule has 0 radical (unpaired) electrons. The van der Waals surface area contributed by atoms with Crippen LogP contribution in [-0.4, -0.2) is 23.8 Å². The lowest BCUT2D eigenvalue weighted by atomic mass is 10.3. The van der Waals surface area contributed by atoms with Gasteiger partial charge in [0.25, 0.3) is 5.91 Å². The molecule has 5 nitrogen and oxygen atoms in total. The third-order valence-corrected chi connectivity index (χ3v) is 6.20. The molecule has 0 spiro atoms. The van der Waals surface area contributed by atoms with Crippen molar-refractivity contribution in [2.45, 2.75) is 11.4 Å². The predicted octanol–water partition coefficient (Wildman–Crippen LogP) is 5.88. The van der Waals surface area contributed by atoms with E-state index in [-0.39, 0.29) is 19.1 Å². The molecular weight excluding hydrogens is 428 g/mol. The highest BCUT2D eigenvalue weighted by Gasteiger charge is 2.22. The maximum Gasteiger partial charge on any atom is 0.267 e. The minimum atomic E-state index is -0.208. The molecule has 0 unspecified atom stereocenters. The average molecular weight is 445 g/mol. The van der Waals surface area contributed by atoms with Gasteiger partial charge in [0.15, 0.2) is 11.7 Å². The van der Waals surface area contributed by atoms with Crippen LogP contribution in [0.25, 0.3) is 10.2 Å². The second-order valence-electron chi connectivity index (χ2n) is 6.13. The lowest BCUT2D eigenvalue weighted by Gasteiger charge is -2.19. The molecule has 2 aromatic heterocycles. The molecule has 0 atom stereocenters. The van der Waals surface area contributed by atoms with E-state index >= 15 is 0 Å². The number of ether oxygens (including phenoxy) is 1. The predicted molar refractivity (Wildman–Crippen MR) is 118 cm³/mol. The molecule has 0 aliphatic rings. The van der Waals surface area contributed by atoms with Crippen LogP contribution in [0.5, 0.6) is 5.75 Å². The molecule has 0 bridgehead atoms. The summed E-state index contributed by atoms with van der Waals surface area (Å²) in [4.78, 5) is 20.4. The van der Waals surface area contributed by atoms with Gasteiger partial charge in [-0.15, -0.1) is 11.8 Å². The number of carbonyl (C=O) groups is 1. The molecule has 4 rings (SSSR count). The van der Waals surface area contributed by atoms with Gasteiger partial charge in [-0.25, -0.2) is 4.98 Å². The highest BCUT2D eigenvalue weighted by Crippen LogP contribution is 2.32. The van der Waals surface area contributed by atoms with Crippen molar-refractivity contribution in [2.75, 3.05) is 17.8 Å². The molecule has 0 aliphatic carbocycles. The van der Waals surface area contributed by atoms with Crippen molar-refractivity contribution in [1.82, 2.24) is 4.98 Å². The zero-order valence-electron chi connectivity index (χ0n) is 15.5. The summed E-state index contributed by atoms with van der Waals surface area (Å²) in [7, 11) is 0. The van der Waals surface area contributed by atoms with E-state index in [1.807, 2.05) is 24.5 Å². The van der Waals surface area contributed by atoms with Crippen LogP contribution in [0, 0.1) is 0 Å². The fraction of sp³-hybridized carbons (Fsp3) is 0.143. The Morgan fingerprint density at radius 2 is 2.07 bits per heavy atom. The third-order valence-electron chi connectivity index (χ3n) is 4.19. The highest BCUT2D eigenvalue weighted by molar-refractivity contribution is 7.98. The van der Waals surface area contributed by atoms with E-state index in [0.29, 0.717) is 21.7 Å². The van der Waals surface area contributed by atoms with Crippen molar-refractivity contribution in [3.8, 4) is 5.75 Å². The van der Waals surface area contributed by atoms with E-state index < -0.39 is 0 Å². The lowest BCUT2D eigenvalue weighted by molar-refractivity contribution is -0.120. The van der Waals surface area contributed by atoms with Crippen molar-refractivity contribution >= 4 is 56.0 Å². The largest absolute Gasteiger partial charge is 0.484 e. The number of benzene rings is 2. The van der Waals surface area contributed by atoms with Gasteiger partial charge in [0, 0.05) is 9.92 Å². The Morgan fingerprint density at radius 3 is 2.79 bits per heavy atom. The van der Waals surface area contributed by atoms with Crippen LogP contribution in [0.15, 0.2) is 70.2 Å². The molecule has 2 heterocycles. The van der Waals surface area contributed by atoms with E-state index in [4.69, 9.17) is 20.8 Å². The summed E-state index contributed by atoms with van der Waals surface area (Å²) < 4.78 is 12.1. The number of fused-ring (bicyclic) bond motifs is 1. The van der Waals surface area contributed by atoms with Crippen LogP contribution in [0.3, 0.4) is 0 Å². The summed E-state index contributed by atoms with van der Waals surface area (Å²) in [6, 6.07) is 16.6. The van der Waals surface area contributed by atoms with Crippen molar-refractivity contribution in [2.24, 2.45) is 0 Å². The zero-order chi connectivity index (χ0) is 20.2. The quantitative estimate of drug-likeness (QED) is 0.333. The summed E-state index contributed by atoms with van der Waals surface area (Å²) in [6.45, 7) is 0.166. The Labute approximate surface area is 181 Å². The first kappa shape index (κ1) is 19.8. The maximum absolute atomic E-state index is 13.0. The highest BCUT2D eigenvalue weighted by atomic mass is 35.5. The Kier molecular flexibility index (Phi) is 6.08. The molecule has 0 aliphatic heterocycles. The third kappa shape index (κ3) is 4.75. The molecule has 0 saturated heterocycles. The average Bonchev–Trinajstić information content (AvgIpc) is 3.40. The van der Waals surface area contributed by atoms with Crippen LogP contribution in [0.4, 0.5) is 5.13 Å². The SMILES string of the molecule is CSc1ccc2nc(N(Cc3ccco3)C(=O)COc3ccc(Cl)cc3)sc2c1. The zero-order valence-corrected chi connectivity index (χ0v) is 17.9. The number of thiazole rings is 1. The number of amides is 1. The van der Waals surface area contributed by atoms with Gasteiger partial charge in [0.2, 0.25) is 0 Å². The van der Waals surface area contributed by atoms with Gasteiger partial charge in [0.05, 0.1) is 23.0 Å². The van der Waals surface area contributed by atoms with Gasteiger partial charge in [0.1, 0.15) is 11.5 Å². The fourth-order valence-corrected chi connectivity index (χ4v) is 4.37. The van der Waals surface area contributed by atoms with Gasteiger partial charge in [-0.1, -0.05) is 22.9 Å². The number of furan rings is 1. The minimum absolute atomic E-state index is 0.117. The standard InChI is InChI=1S/C21H17ClN2O3S2/c1-28-17-8-9-18-19(11-17)29-21(23-18)24(12-16-3-2-10-26-16)20(25)13-27-15-6-4-14(22)5-7-15/h2-11H,12-13H2,1H3. The number of halogens is 1.